The SMILES string of the molecule is N#Cc1ccc(C=O)cc1.N#Cc1ccccc1C=O. The van der Waals surface area contributed by atoms with Crippen LogP contribution < -0.4 is 0 Å². The number of benzene rings is 2. The average Bonchev–Trinajstić information content (AvgIpc) is 2.55. The van der Waals surface area contributed by atoms with Gasteiger partial charge in [0.2, 0.25) is 0 Å². The molecule has 0 aliphatic heterocycles. The number of carbonyl (C=O) groups excluding carboxylic acids is 2. The summed E-state index contributed by atoms with van der Waals surface area (Å²) in [4.78, 5) is 20.4. The van der Waals surface area contributed by atoms with Gasteiger partial charge in [-0.15, -0.1) is 0 Å². The third-order valence-electron chi connectivity index (χ3n) is 2.38. The molecule has 0 radical (unpaired) electrons. The highest BCUT2D eigenvalue weighted by Gasteiger charge is 1.95. The number of carbonyl (C=O) groups is 2. The van der Waals surface area contributed by atoms with Gasteiger partial charge in [-0.3, -0.25) is 9.59 Å². The van der Waals surface area contributed by atoms with Gasteiger partial charge in [-0.25, -0.2) is 0 Å². The summed E-state index contributed by atoms with van der Waals surface area (Å²) < 4.78 is 0. The lowest BCUT2D eigenvalue weighted by Gasteiger charge is -1.89. The Balaban J connectivity index is 0.000000200. The van der Waals surface area contributed by atoms with Crippen molar-refractivity contribution in [3.63, 3.8) is 0 Å². The molecule has 2 rings (SSSR count). The zero-order valence-electron chi connectivity index (χ0n) is 10.5. The maximum atomic E-state index is 10.2. The van der Waals surface area contributed by atoms with E-state index in [1.54, 1.807) is 48.5 Å². The first-order valence-corrected chi connectivity index (χ1v) is 5.64. The van der Waals surface area contributed by atoms with Crippen LogP contribution in [0.2, 0.25) is 0 Å². The summed E-state index contributed by atoms with van der Waals surface area (Å²) in [5.74, 6) is 0. The van der Waals surface area contributed by atoms with Crippen molar-refractivity contribution < 1.29 is 9.59 Å². The predicted molar refractivity (Wildman–Crippen MR) is 73.1 cm³/mol. The van der Waals surface area contributed by atoms with Crippen molar-refractivity contribution in [1.29, 1.82) is 10.5 Å². The Morgan fingerprint density at radius 1 is 0.800 bits per heavy atom. The second-order valence-electron chi connectivity index (χ2n) is 3.67. The fraction of sp³-hybridized carbons (Fsp3) is 0. The molecule has 20 heavy (non-hydrogen) atoms. The number of aldehydes is 2. The maximum Gasteiger partial charge on any atom is 0.151 e. The van der Waals surface area contributed by atoms with E-state index < -0.39 is 0 Å². The second kappa shape index (κ2) is 7.97. The zero-order chi connectivity index (χ0) is 14.8. The van der Waals surface area contributed by atoms with Gasteiger partial charge >= 0.3 is 0 Å². The molecule has 4 nitrogen and oxygen atoms in total. The number of hydrogen-bond acceptors (Lipinski definition) is 4. The fourth-order valence-corrected chi connectivity index (χ4v) is 1.34. The summed E-state index contributed by atoms with van der Waals surface area (Å²) >= 11 is 0. The fourth-order valence-electron chi connectivity index (χ4n) is 1.34. The van der Waals surface area contributed by atoms with Gasteiger partial charge in [0.25, 0.3) is 0 Å². The molecule has 0 aliphatic rings. The molecular weight excluding hydrogens is 252 g/mol. The third-order valence-corrected chi connectivity index (χ3v) is 2.38. The van der Waals surface area contributed by atoms with Crippen molar-refractivity contribution in [1.82, 2.24) is 0 Å². The van der Waals surface area contributed by atoms with Gasteiger partial charge in [-0.1, -0.05) is 30.3 Å². The molecule has 0 spiro atoms. The van der Waals surface area contributed by atoms with E-state index in [1.807, 2.05) is 12.1 Å². The number of hydrogen-bond donors (Lipinski definition) is 0. The van der Waals surface area contributed by atoms with Gasteiger partial charge in [-0.05, 0) is 18.2 Å². The van der Waals surface area contributed by atoms with E-state index in [1.165, 1.54) is 0 Å². The van der Waals surface area contributed by atoms with Crippen molar-refractivity contribution in [2.45, 2.75) is 0 Å². The van der Waals surface area contributed by atoms with Gasteiger partial charge in [0.15, 0.2) is 6.29 Å². The van der Waals surface area contributed by atoms with Crippen LogP contribution in [0.5, 0.6) is 0 Å². The Kier molecular flexibility index (Phi) is 5.90. The normalized spacial score (nSPS) is 8.30. The highest BCUT2D eigenvalue weighted by molar-refractivity contribution is 5.78. The molecule has 0 atom stereocenters. The molecule has 0 aromatic heterocycles. The first-order chi connectivity index (χ1) is 9.74. The molecule has 0 aliphatic carbocycles. The van der Waals surface area contributed by atoms with Crippen LogP contribution >= 0.6 is 0 Å². The van der Waals surface area contributed by atoms with E-state index in [4.69, 9.17) is 10.5 Å². The molecule has 4 heteroatoms. The minimum Gasteiger partial charge on any atom is -0.298 e. The summed E-state index contributed by atoms with van der Waals surface area (Å²) in [6, 6.07) is 17.0. The molecular formula is C16H10N2O2. The molecule has 0 saturated carbocycles. The Morgan fingerprint density at radius 2 is 1.45 bits per heavy atom. The van der Waals surface area contributed by atoms with Crippen LogP contribution in [-0.2, 0) is 0 Å². The van der Waals surface area contributed by atoms with Gasteiger partial charge in [0.05, 0.1) is 23.3 Å². The summed E-state index contributed by atoms with van der Waals surface area (Å²) in [6.07, 6.45) is 1.43. The topological polar surface area (TPSA) is 81.7 Å². The predicted octanol–water partition coefficient (Wildman–Crippen LogP) is 2.74. The van der Waals surface area contributed by atoms with E-state index in [2.05, 4.69) is 0 Å². The van der Waals surface area contributed by atoms with Crippen molar-refractivity contribution in [2.24, 2.45) is 0 Å². The molecule has 0 amide bonds. The van der Waals surface area contributed by atoms with Gasteiger partial charge in [0, 0.05) is 11.1 Å². The molecule has 2 aromatic carbocycles. The van der Waals surface area contributed by atoms with Crippen molar-refractivity contribution in [2.75, 3.05) is 0 Å². The molecule has 0 heterocycles. The second-order valence-corrected chi connectivity index (χ2v) is 3.67. The molecule has 96 valence electrons. The highest BCUT2D eigenvalue weighted by atomic mass is 16.1. The summed E-state index contributed by atoms with van der Waals surface area (Å²) in [7, 11) is 0. The van der Waals surface area contributed by atoms with Crippen LogP contribution in [-0.4, -0.2) is 12.6 Å². The molecule has 0 unspecified atom stereocenters. The Bertz CT molecular complexity index is 677. The third kappa shape index (κ3) is 4.21. The summed E-state index contributed by atoms with van der Waals surface area (Å²) in [5, 5.41) is 16.8. The van der Waals surface area contributed by atoms with Crippen molar-refractivity contribution in [3.8, 4) is 12.1 Å². The summed E-state index contributed by atoms with van der Waals surface area (Å²) in [5.41, 5.74) is 2.05. The van der Waals surface area contributed by atoms with Crippen molar-refractivity contribution in [3.05, 3.63) is 70.8 Å². The first-order valence-electron chi connectivity index (χ1n) is 5.64. The van der Waals surface area contributed by atoms with E-state index in [0.29, 0.717) is 28.5 Å². The van der Waals surface area contributed by atoms with E-state index in [0.717, 1.165) is 6.29 Å². The summed E-state index contributed by atoms with van der Waals surface area (Å²) in [6.45, 7) is 0. The smallest absolute Gasteiger partial charge is 0.151 e. The van der Waals surface area contributed by atoms with Gasteiger partial charge < -0.3 is 0 Å². The van der Waals surface area contributed by atoms with E-state index in [-0.39, 0.29) is 0 Å². The van der Waals surface area contributed by atoms with Gasteiger partial charge in [-0.2, -0.15) is 10.5 Å². The van der Waals surface area contributed by atoms with E-state index >= 15 is 0 Å². The monoisotopic (exact) mass is 262 g/mol. The Labute approximate surface area is 116 Å². The first kappa shape index (κ1) is 14.8. The van der Waals surface area contributed by atoms with Crippen LogP contribution in [0.15, 0.2) is 48.5 Å². The van der Waals surface area contributed by atoms with Gasteiger partial charge in [0.1, 0.15) is 6.29 Å². The van der Waals surface area contributed by atoms with Crippen molar-refractivity contribution >= 4 is 12.6 Å². The largest absolute Gasteiger partial charge is 0.298 e. The maximum absolute atomic E-state index is 10.2. The minimum absolute atomic E-state index is 0.428. The Hall–Kier alpha value is -3.24. The lowest BCUT2D eigenvalue weighted by molar-refractivity contribution is 0.111. The standard InChI is InChI=1S/2C8H5NO/c9-5-7-1-3-8(6-10)4-2-7;9-5-7-3-1-2-4-8(7)6-10/h2*1-4,6H. The highest BCUT2D eigenvalue weighted by Crippen LogP contribution is 2.02. The van der Waals surface area contributed by atoms with E-state index in [9.17, 15) is 9.59 Å². The molecule has 0 fully saturated rings. The van der Waals surface area contributed by atoms with Crippen LogP contribution in [0.1, 0.15) is 31.8 Å². The molecule has 0 bridgehead atoms. The number of nitrogens with zero attached hydrogens (tertiary/aromatic N) is 2. The molecule has 2 aromatic rings. The van der Waals surface area contributed by atoms with Crippen LogP contribution in [0, 0.1) is 22.7 Å². The quantitative estimate of drug-likeness (QED) is 0.779. The lowest BCUT2D eigenvalue weighted by Crippen LogP contribution is -1.84. The number of rotatable bonds is 2. The zero-order valence-corrected chi connectivity index (χ0v) is 10.5. The molecule has 0 N–H and O–H groups in total. The number of nitriles is 2. The lowest BCUT2D eigenvalue weighted by atomic mass is 10.1. The van der Waals surface area contributed by atoms with Crippen LogP contribution in [0.3, 0.4) is 0 Å². The molecule has 0 saturated heterocycles. The van der Waals surface area contributed by atoms with Crippen LogP contribution in [0.4, 0.5) is 0 Å². The Morgan fingerprint density at radius 3 is 1.90 bits per heavy atom. The van der Waals surface area contributed by atoms with Crippen LogP contribution in [0.25, 0.3) is 0 Å². The minimum atomic E-state index is 0.428. The average molecular weight is 262 g/mol.